The van der Waals surface area contributed by atoms with Gasteiger partial charge in [-0.3, -0.25) is 0 Å². The lowest BCUT2D eigenvalue weighted by atomic mass is 10.1. The van der Waals surface area contributed by atoms with Crippen LogP contribution in [0.15, 0.2) is 40.3 Å². The van der Waals surface area contributed by atoms with Crippen LogP contribution in [0, 0.1) is 0 Å². The molecule has 2 N–H and O–H groups in total. The fourth-order valence-electron chi connectivity index (χ4n) is 1.59. The molecule has 0 aliphatic heterocycles. The molecule has 0 atom stereocenters. The van der Waals surface area contributed by atoms with Gasteiger partial charge in [0, 0.05) is 16.3 Å². The molecular weight excluding hydrogens is 208 g/mol. The highest BCUT2D eigenvalue weighted by Gasteiger charge is 2.09. The minimum absolute atomic E-state index is 0.579. The maximum absolute atomic E-state index is 5.61. The van der Waals surface area contributed by atoms with Gasteiger partial charge in [-0.25, -0.2) is 4.98 Å². The molecule has 3 nitrogen and oxygen atoms in total. The van der Waals surface area contributed by atoms with Gasteiger partial charge >= 0.3 is 0 Å². The van der Waals surface area contributed by atoms with Crippen molar-refractivity contribution in [2.75, 3.05) is 5.73 Å². The number of nitrogen functional groups attached to an aromatic ring is 1. The van der Waals surface area contributed by atoms with Crippen molar-refractivity contribution in [3.8, 4) is 11.3 Å². The van der Waals surface area contributed by atoms with Gasteiger partial charge in [-0.15, -0.1) is 11.3 Å². The Hall–Kier alpha value is -1.81. The molecule has 2 aromatic heterocycles. The molecule has 2 heterocycles. The van der Waals surface area contributed by atoms with Crippen LogP contribution in [0.3, 0.4) is 0 Å². The van der Waals surface area contributed by atoms with E-state index >= 15 is 0 Å². The first-order valence-electron chi connectivity index (χ1n) is 4.52. The summed E-state index contributed by atoms with van der Waals surface area (Å²) in [6.07, 6.45) is 1.72. The second kappa shape index (κ2) is 3.10. The van der Waals surface area contributed by atoms with E-state index in [0.29, 0.717) is 5.13 Å². The van der Waals surface area contributed by atoms with Gasteiger partial charge in [-0.1, -0.05) is 18.2 Å². The number of furan rings is 1. The van der Waals surface area contributed by atoms with Crippen LogP contribution in [0.25, 0.3) is 22.2 Å². The zero-order valence-corrected chi connectivity index (χ0v) is 8.62. The van der Waals surface area contributed by atoms with Crippen molar-refractivity contribution in [3.63, 3.8) is 0 Å². The largest absolute Gasteiger partial charge is 0.464 e. The predicted molar refractivity (Wildman–Crippen MR) is 61.7 cm³/mol. The maximum atomic E-state index is 5.61. The van der Waals surface area contributed by atoms with E-state index < -0.39 is 0 Å². The van der Waals surface area contributed by atoms with E-state index in [9.17, 15) is 0 Å². The monoisotopic (exact) mass is 216 g/mol. The summed E-state index contributed by atoms with van der Waals surface area (Å²) in [6.45, 7) is 0. The summed E-state index contributed by atoms with van der Waals surface area (Å²) >= 11 is 1.44. The summed E-state index contributed by atoms with van der Waals surface area (Å²) in [6, 6.07) is 7.89. The molecule has 0 bridgehead atoms. The number of fused-ring (bicyclic) bond motifs is 1. The molecular formula is C11H8N2OS. The van der Waals surface area contributed by atoms with Crippen molar-refractivity contribution in [2.45, 2.75) is 0 Å². The molecule has 74 valence electrons. The summed E-state index contributed by atoms with van der Waals surface area (Å²) in [5.74, 6) is 0. The molecule has 0 fully saturated rings. The van der Waals surface area contributed by atoms with E-state index in [1.807, 2.05) is 29.6 Å². The van der Waals surface area contributed by atoms with E-state index in [4.69, 9.17) is 10.2 Å². The molecule has 0 aliphatic rings. The van der Waals surface area contributed by atoms with Crippen LogP contribution in [0.1, 0.15) is 0 Å². The zero-order valence-electron chi connectivity index (χ0n) is 7.81. The van der Waals surface area contributed by atoms with Crippen molar-refractivity contribution >= 4 is 27.4 Å². The number of rotatable bonds is 1. The Balaban J connectivity index is 2.27. The minimum Gasteiger partial charge on any atom is -0.464 e. The smallest absolute Gasteiger partial charge is 0.180 e. The first kappa shape index (κ1) is 8.49. The number of hydrogen-bond acceptors (Lipinski definition) is 4. The number of thiazole rings is 1. The number of aromatic nitrogens is 1. The number of hydrogen-bond donors (Lipinski definition) is 1. The summed E-state index contributed by atoms with van der Waals surface area (Å²) in [5.41, 5.74) is 8.36. The number of nitrogens with zero attached hydrogens (tertiary/aromatic N) is 1. The van der Waals surface area contributed by atoms with E-state index in [1.165, 1.54) is 11.3 Å². The highest BCUT2D eigenvalue weighted by atomic mass is 32.1. The number of nitrogens with two attached hydrogens (primary N) is 1. The van der Waals surface area contributed by atoms with Crippen molar-refractivity contribution in [1.29, 1.82) is 0 Å². The molecule has 0 aliphatic carbocycles. The van der Waals surface area contributed by atoms with Gasteiger partial charge in [-0.2, -0.15) is 0 Å². The number of para-hydroxylation sites is 1. The van der Waals surface area contributed by atoms with Crippen LogP contribution in [0.4, 0.5) is 5.13 Å². The molecule has 15 heavy (non-hydrogen) atoms. The molecule has 0 saturated carbocycles. The fraction of sp³-hybridized carbons (Fsp3) is 0. The van der Waals surface area contributed by atoms with Crippen molar-refractivity contribution in [1.82, 2.24) is 4.98 Å². The van der Waals surface area contributed by atoms with Gasteiger partial charge in [0.25, 0.3) is 0 Å². The van der Waals surface area contributed by atoms with E-state index in [1.54, 1.807) is 6.26 Å². The van der Waals surface area contributed by atoms with Crippen LogP contribution >= 0.6 is 11.3 Å². The van der Waals surface area contributed by atoms with E-state index in [2.05, 4.69) is 4.98 Å². The summed E-state index contributed by atoms with van der Waals surface area (Å²) < 4.78 is 5.44. The van der Waals surface area contributed by atoms with Crippen LogP contribution in [-0.4, -0.2) is 4.98 Å². The Bertz CT molecular complexity index is 612. The Morgan fingerprint density at radius 3 is 2.93 bits per heavy atom. The maximum Gasteiger partial charge on any atom is 0.180 e. The molecule has 0 radical (unpaired) electrons. The van der Waals surface area contributed by atoms with Crippen LogP contribution in [-0.2, 0) is 0 Å². The quantitative estimate of drug-likeness (QED) is 0.679. The second-order valence-electron chi connectivity index (χ2n) is 3.22. The lowest BCUT2D eigenvalue weighted by Gasteiger charge is -1.90. The lowest BCUT2D eigenvalue weighted by Crippen LogP contribution is -1.81. The number of benzene rings is 1. The highest BCUT2D eigenvalue weighted by molar-refractivity contribution is 7.13. The zero-order chi connectivity index (χ0) is 10.3. The lowest BCUT2D eigenvalue weighted by molar-refractivity contribution is 0.617. The summed E-state index contributed by atoms with van der Waals surface area (Å²) in [4.78, 5) is 4.24. The molecule has 4 heteroatoms. The van der Waals surface area contributed by atoms with Gasteiger partial charge in [-0.05, 0) is 6.07 Å². The standard InChI is InChI=1S/C11H8N2OS/c12-11-13-9(6-15-11)8-5-14-10-4-2-1-3-7(8)10/h1-6H,(H2,12,13). The third-order valence-corrected chi connectivity index (χ3v) is 2.95. The second-order valence-corrected chi connectivity index (χ2v) is 4.11. The van der Waals surface area contributed by atoms with Crippen molar-refractivity contribution < 1.29 is 4.42 Å². The minimum atomic E-state index is 0.579. The fourth-order valence-corrected chi connectivity index (χ4v) is 2.15. The van der Waals surface area contributed by atoms with Gasteiger partial charge in [0.05, 0.1) is 5.69 Å². The topological polar surface area (TPSA) is 52.0 Å². The number of anilines is 1. The molecule has 3 aromatic rings. The molecule has 3 rings (SSSR count). The van der Waals surface area contributed by atoms with Crippen molar-refractivity contribution in [2.24, 2.45) is 0 Å². The Labute approximate surface area is 90.2 Å². The summed E-state index contributed by atoms with van der Waals surface area (Å²) in [5, 5.41) is 3.59. The first-order valence-corrected chi connectivity index (χ1v) is 5.40. The Morgan fingerprint density at radius 2 is 2.13 bits per heavy atom. The molecule has 0 saturated heterocycles. The highest BCUT2D eigenvalue weighted by Crippen LogP contribution is 2.31. The average molecular weight is 216 g/mol. The van der Waals surface area contributed by atoms with E-state index in [0.717, 1.165) is 22.2 Å². The van der Waals surface area contributed by atoms with Crippen LogP contribution < -0.4 is 5.73 Å². The Morgan fingerprint density at radius 1 is 1.27 bits per heavy atom. The molecule has 0 amide bonds. The SMILES string of the molecule is Nc1nc(-c2coc3ccccc23)cs1. The van der Waals surface area contributed by atoms with Crippen LogP contribution in [0.5, 0.6) is 0 Å². The molecule has 0 spiro atoms. The molecule has 1 aromatic carbocycles. The summed E-state index contributed by atoms with van der Waals surface area (Å²) in [7, 11) is 0. The van der Waals surface area contributed by atoms with E-state index in [-0.39, 0.29) is 0 Å². The first-order chi connectivity index (χ1) is 7.34. The van der Waals surface area contributed by atoms with Crippen molar-refractivity contribution in [3.05, 3.63) is 35.9 Å². The van der Waals surface area contributed by atoms with Crippen LogP contribution in [0.2, 0.25) is 0 Å². The average Bonchev–Trinajstić information content (AvgIpc) is 2.83. The molecule has 0 unspecified atom stereocenters. The Kier molecular flexibility index (Phi) is 1.76. The third-order valence-electron chi connectivity index (χ3n) is 2.28. The third kappa shape index (κ3) is 1.30. The normalized spacial score (nSPS) is 10.9. The van der Waals surface area contributed by atoms with Gasteiger partial charge in [0.2, 0.25) is 0 Å². The van der Waals surface area contributed by atoms with Gasteiger partial charge < -0.3 is 10.2 Å². The van der Waals surface area contributed by atoms with Gasteiger partial charge in [0.15, 0.2) is 5.13 Å². The van der Waals surface area contributed by atoms with Gasteiger partial charge in [0.1, 0.15) is 11.8 Å². The predicted octanol–water partition coefficient (Wildman–Crippen LogP) is 3.14.